The molecule has 148 valence electrons. The van der Waals surface area contributed by atoms with Gasteiger partial charge in [-0.15, -0.1) is 24.0 Å². The highest BCUT2D eigenvalue weighted by atomic mass is 127. The summed E-state index contributed by atoms with van der Waals surface area (Å²) in [6, 6.07) is 0. The van der Waals surface area contributed by atoms with E-state index in [0.717, 1.165) is 19.1 Å². The second-order valence-corrected chi connectivity index (χ2v) is 8.42. The molecule has 0 amide bonds. The summed E-state index contributed by atoms with van der Waals surface area (Å²) >= 11 is 0. The SMILES string of the molecule is CCOC(=O)C1CCN(C(=NC)NCC(C)(C)NS(C)(=O)=O)CC1.I. The van der Waals surface area contributed by atoms with Gasteiger partial charge in [0.15, 0.2) is 5.96 Å². The number of piperidine rings is 1. The van der Waals surface area contributed by atoms with E-state index in [1.165, 1.54) is 0 Å². The molecule has 1 fully saturated rings. The lowest BCUT2D eigenvalue weighted by Gasteiger charge is -2.35. The molecule has 0 aromatic heterocycles. The van der Waals surface area contributed by atoms with Gasteiger partial charge in [0.05, 0.1) is 18.8 Å². The summed E-state index contributed by atoms with van der Waals surface area (Å²) in [5.41, 5.74) is -0.632. The Morgan fingerprint density at radius 3 is 2.32 bits per heavy atom. The van der Waals surface area contributed by atoms with Crippen LogP contribution in [0.25, 0.3) is 0 Å². The van der Waals surface area contributed by atoms with E-state index >= 15 is 0 Å². The number of nitrogens with one attached hydrogen (secondary N) is 2. The maximum Gasteiger partial charge on any atom is 0.309 e. The molecular weight excluding hydrogens is 459 g/mol. The first-order valence-electron chi connectivity index (χ1n) is 8.19. The monoisotopic (exact) mass is 490 g/mol. The summed E-state index contributed by atoms with van der Waals surface area (Å²) in [6.07, 6.45) is 2.60. The van der Waals surface area contributed by atoms with Crippen LogP contribution in [0, 0.1) is 5.92 Å². The van der Waals surface area contributed by atoms with E-state index in [0.29, 0.717) is 32.2 Å². The lowest BCUT2D eigenvalue weighted by molar-refractivity contribution is -0.149. The normalized spacial score (nSPS) is 17.0. The van der Waals surface area contributed by atoms with Crippen LogP contribution in [0.5, 0.6) is 0 Å². The predicted octanol–water partition coefficient (Wildman–Crippen LogP) is 0.783. The van der Waals surface area contributed by atoms with Gasteiger partial charge in [-0.25, -0.2) is 13.1 Å². The Balaban J connectivity index is 0.00000576. The number of guanidine groups is 1. The first kappa shape index (κ1) is 24.4. The quantitative estimate of drug-likeness (QED) is 0.247. The van der Waals surface area contributed by atoms with Crippen LogP contribution in [-0.2, 0) is 19.6 Å². The van der Waals surface area contributed by atoms with Crippen LogP contribution >= 0.6 is 24.0 Å². The molecule has 25 heavy (non-hydrogen) atoms. The van der Waals surface area contributed by atoms with E-state index in [1.807, 2.05) is 6.92 Å². The van der Waals surface area contributed by atoms with Crippen LogP contribution < -0.4 is 10.0 Å². The van der Waals surface area contributed by atoms with Gasteiger partial charge in [-0.05, 0) is 33.6 Å². The molecule has 0 aromatic rings. The third-order valence-corrected chi connectivity index (χ3v) is 4.70. The van der Waals surface area contributed by atoms with Crippen LogP contribution in [0.3, 0.4) is 0 Å². The molecule has 0 atom stereocenters. The molecule has 1 rings (SSSR count). The molecule has 0 bridgehead atoms. The molecule has 1 aliphatic heterocycles. The minimum absolute atomic E-state index is 0. The summed E-state index contributed by atoms with van der Waals surface area (Å²) in [7, 11) is -1.59. The van der Waals surface area contributed by atoms with Gasteiger partial charge in [0.25, 0.3) is 0 Å². The Morgan fingerprint density at radius 2 is 1.88 bits per heavy atom. The number of esters is 1. The van der Waals surface area contributed by atoms with Crippen molar-refractivity contribution in [1.29, 1.82) is 0 Å². The predicted molar refractivity (Wildman–Crippen MR) is 110 cm³/mol. The van der Waals surface area contributed by atoms with Crippen molar-refractivity contribution < 1.29 is 17.9 Å². The fraction of sp³-hybridized carbons (Fsp3) is 0.867. The molecule has 1 heterocycles. The van der Waals surface area contributed by atoms with Gasteiger partial charge < -0.3 is 15.0 Å². The second-order valence-electron chi connectivity index (χ2n) is 6.67. The smallest absolute Gasteiger partial charge is 0.309 e. The Labute approximate surface area is 168 Å². The van der Waals surface area contributed by atoms with E-state index in [1.54, 1.807) is 20.9 Å². The number of carbonyl (C=O) groups excluding carboxylic acids is 1. The van der Waals surface area contributed by atoms with Gasteiger partial charge in [0.1, 0.15) is 0 Å². The first-order valence-corrected chi connectivity index (χ1v) is 10.1. The van der Waals surface area contributed by atoms with E-state index in [4.69, 9.17) is 4.74 Å². The Morgan fingerprint density at radius 1 is 1.32 bits per heavy atom. The Hall–Kier alpha value is -0.620. The van der Waals surface area contributed by atoms with Crippen LogP contribution in [0.2, 0.25) is 0 Å². The van der Waals surface area contributed by atoms with E-state index in [9.17, 15) is 13.2 Å². The van der Waals surface area contributed by atoms with Crippen LogP contribution in [0.15, 0.2) is 4.99 Å². The van der Waals surface area contributed by atoms with Crippen molar-refractivity contribution in [2.45, 2.75) is 39.2 Å². The maximum absolute atomic E-state index is 11.8. The molecule has 0 spiro atoms. The third kappa shape index (κ3) is 9.04. The minimum atomic E-state index is -3.28. The van der Waals surface area contributed by atoms with Crippen LogP contribution in [0.4, 0.5) is 0 Å². The van der Waals surface area contributed by atoms with Crippen LogP contribution in [0.1, 0.15) is 33.6 Å². The van der Waals surface area contributed by atoms with Crippen molar-refractivity contribution in [3.63, 3.8) is 0 Å². The zero-order valence-electron chi connectivity index (χ0n) is 15.7. The number of rotatable bonds is 6. The topological polar surface area (TPSA) is 100 Å². The highest BCUT2D eigenvalue weighted by molar-refractivity contribution is 14.0. The van der Waals surface area contributed by atoms with Crippen molar-refractivity contribution in [1.82, 2.24) is 14.9 Å². The summed E-state index contributed by atoms with van der Waals surface area (Å²) < 4.78 is 30.4. The van der Waals surface area contributed by atoms with Gasteiger partial charge in [-0.2, -0.15) is 0 Å². The van der Waals surface area contributed by atoms with Crippen molar-refractivity contribution in [3.05, 3.63) is 0 Å². The standard InChI is InChI=1S/C15H30N4O4S.HI/c1-6-23-13(20)12-7-9-19(10-8-12)14(16-4)17-11-15(2,3)18-24(5,21)22;/h12,18H,6-11H2,1-5H3,(H,16,17);1H. The summed E-state index contributed by atoms with van der Waals surface area (Å²) in [4.78, 5) is 18.1. The molecule has 2 N–H and O–H groups in total. The number of carbonyl (C=O) groups is 1. The number of nitrogens with zero attached hydrogens (tertiary/aromatic N) is 2. The summed E-state index contributed by atoms with van der Waals surface area (Å²) in [5, 5.41) is 3.20. The minimum Gasteiger partial charge on any atom is -0.466 e. The maximum atomic E-state index is 11.8. The molecule has 0 aliphatic carbocycles. The molecule has 0 unspecified atom stereocenters. The fourth-order valence-corrected chi connectivity index (χ4v) is 3.83. The van der Waals surface area contributed by atoms with Crippen molar-refractivity contribution in [2.24, 2.45) is 10.9 Å². The lowest BCUT2D eigenvalue weighted by Crippen LogP contribution is -2.54. The van der Waals surface area contributed by atoms with Gasteiger partial charge in [-0.1, -0.05) is 0 Å². The summed E-state index contributed by atoms with van der Waals surface area (Å²) in [6.45, 7) is 7.66. The highest BCUT2D eigenvalue weighted by Gasteiger charge is 2.28. The van der Waals surface area contributed by atoms with Gasteiger partial charge in [-0.3, -0.25) is 9.79 Å². The van der Waals surface area contributed by atoms with Crippen molar-refractivity contribution in [2.75, 3.05) is 39.5 Å². The third-order valence-electron chi connectivity index (χ3n) is 3.78. The molecule has 10 heteroatoms. The number of aliphatic imine (C=N–C) groups is 1. The number of hydrogen-bond donors (Lipinski definition) is 2. The molecule has 0 aromatic carbocycles. The largest absolute Gasteiger partial charge is 0.466 e. The van der Waals surface area contributed by atoms with Gasteiger partial charge in [0.2, 0.25) is 10.0 Å². The average molecular weight is 490 g/mol. The Kier molecular flexibility index (Phi) is 10.2. The number of likely N-dealkylation sites (tertiary alicyclic amines) is 1. The number of sulfonamides is 1. The van der Waals surface area contributed by atoms with E-state index in [2.05, 4.69) is 19.9 Å². The van der Waals surface area contributed by atoms with Crippen LogP contribution in [-0.4, -0.2) is 70.3 Å². The molecule has 1 saturated heterocycles. The molecule has 8 nitrogen and oxygen atoms in total. The number of halogens is 1. The van der Waals surface area contributed by atoms with E-state index in [-0.39, 0.29) is 35.9 Å². The van der Waals surface area contributed by atoms with Gasteiger partial charge >= 0.3 is 5.97 Å². The van der Waals surface area contributed by atoms with Gasteiger partial charge in [0, 0.05) is 32.2 Å². The van der Waals surface area contributed by atoms with Crippen molar-refractivity contribution >= 4 is 45.9 Å². The summed E-state index contributed by atoms with van der Waals surface area (Å²) in [5.74, 6) is 0.530. The lowest BCUT2D eigenvalue weighted by atomic mass is 9.97. The van der Waals surface area contributed by atoms with Crippen molar-refractivity contribution in [3.8, 4) is 0 Å². The molecule has 0 saturated carbocycles. The fourth-order valence-electron chi connectivity index (χ4n) is 2.76. The molecule has 1 aliphatic rings. The number of hydrogen-bond acceptors (Lipinski definition) is 5. The second kappa shape index (κ2) is 10.5. The average Bonchev–Trinajstić information content (AvgIpc) is 2.46. The highest BCUT2D eigenvalue weighted by Crippen LogP contribution is 2.18. The zero-order valence-corrected chi connectivity index (χ0v) is 18.8. The Bertz CT molecular complexity index is 558. The zero-order chi connectivity index (χ0) is 18.4. The van der Waals surface area contributed by atoms with E-state index < -0.39 is 15.6 Å². The number of ether oxygens (including phenoxy) is 1. The molecule has 0 radical (unpaired) electrons. The molecular formula is C15H31IN4O4S. The first-order chi connectivity index (χ1) is 11.1.